The second-order valence-electron chi connectivity index (χ2n) is 13.1. The molecule has 4 nitrogen and oxygen atoms in total. The van der Waals surface area contributed by atoms with Gasteiger partial charge in [-0.25, -0.2) is 0 Å². The lowest BCUT2D eigenvalue weighted by Gasteiger charge is -2.18. The highest BCUT2D eigenvalue weighted by atomic mass is 16.5. The third-order valence-corrected chi connectivity index (χ3v) is 8.46. The summed E-state index contributed by atoms with van der Waals surface area (Å²) in [6.45, 7) is 4.41. The Labute approximate surface area is 297 Å². The molecule has 0 radical (unpaired) electrons. The van der Waals surface area contributed by atoms with Crippen LogP contribution >= 0.6 is 0 Å². The summed E-state index contributed by atoms with van der Waals surface area (Å²) in [4.78, 5) is 23.2. The van der Waals surface area contributed by atoms with E-state index in [1.165, 1.54) is 70.6 Å². The van der Waals surface area contributed by atoms with Gasteiger partial charge in [-0.2, -0.15) is 0 Å². The Bertz CT molecular complexity index is 892. The molecule has 1 unspecified atom stereocenters. The zero-order valence-corrected chi connectivity index (χ0v) is 31.3. The maximum Gasteiger partial charge on any atom is 0.306 e. The number of unbranched alkanes of at least 4 members (excludes halogenated alkanes) is 14. The van der Waals surface area contributed by atoms with Crippen LogP contribution in [0.15, 0.2) is 72.9 Å². The van der Waals surface area contributed by atoms with Crippen LogP contribution in [-0.2, 0) is 14.3 Å². The second kappa shape index (κ2) is 38.8. The number of ether oxygens (including phenoxy) is 1. The summed E-state index contributed by atoms with van der Waals surface area (Å²) in [5.74, 6) is -0.728. The van der Waals surface area contributed by atoms with E-state index in [0.29, 0.717) is 12.8 Å². The molecule has 0 heterocycles. The molecular formula is C44H74O4. The summed E-state index contributed by atoms with van der Waals surface area (Å²) in [7, 11) is 0. The Morgan fingerprint density at radius 2 is 0.854 bits per heavy atom. The Hall–Kier alpha value is -2.62. The van der Waals surface area contributed by atoms with E-state index in [1.54, 1.807) is 0 Å². The first-order valence-corrected chi connectivity index (χ1v) is 19.9. The van der Waals surface area contributed by atoms with E-state index < -0.39 is 5.97 Å². The molecule has 0 saturated heterocycles. The van der Waals surface area contributed by atoms with Gasteiger partial charge in [0.15, 0.2) is 0 Å². The third kappa shape index (κ3) is 37.8. The molecule has 1 N–H and O–H groups in total. The molecule has 0 bridgehead atoms. The van der Waals surface area contributed by atoms with E-state index in [4.69, 9.17) is 9.84 Å². The van der Waals surface area contributed by atoms with Crippen molar-refractivity contribution in [3.05, 3.63) is 72.9 Å². The highest BCUT2D eigenvalue weighted by Gasteiger charge is 2.14. The number of hydrogen-bond donors (Lipinski definition) is 1. The van der Waals surface area contributed by atoms with Gasteiger partial charge < -0.3 is 9.84 Å². The van der Waals surface area contributed by atoms with Gasteiger partial charge in [0, 0.05) is 12.8 Å². The number of carbonyl (C=O) groups excluding carboxylic acids is 1. The van der Waals surface area contributed by atoms with Crippen LogP contribution in [0.25, 0.3) is 0 Å². The second-order valence-corrected chi connectivity index (χ2v) is 13.1. The summed E-state index contributed by atoms with van der Waals surface area (Å²) < 4.78 is 5.98. The van der Waals surface area contributed by atoms with Gasteiger partial charge in [0.25, 0.3) is 0 Å². The monoisotopic (exact) mass is 667 g/mol. The van der Waals surface area contributed by atoms with Crippen LogP contribution < -0.4 is 0 Å². The van der Waals surface area contributed by atoms with Crippen molar-refractivity contribution in [1.29, 1.82) is 0 Å². The summed E-state index contributed by atoms with van der Waals surface area (Å²) >= 11 is 0. The van der Waals surface area contributed by atoms with Gasteiger partial charge in [0.2, 0.25) is 0 Å². The van der Waals surface area contributed by atoms with Crippen LogP contribution in [0.1, 0.15) is 187 Å². The number of esters is 1. The van der Waals surface area contributed by atoms with Crippen molar-refractivity contribution < 1.29 is 19.4 Å². The fraction of sp³-hybridized carbons (Fsp3) is 0.682. The number of allylic oxidation sites excluding steroid dienone is 12. The largest absolute Gasteiger partial charge is 0.481 e. The minimum absolute atomic E-state index is 0.0473. The molecule has 0 aromatic carbocycles. The van der Waals surface area contributed by atoms with Crippen LogP contribution in [0.3, 0.4) is 0 Å². The molecule has 4 heteroatoms. The fourth-order valence-electron chi connectivity index (χ4n) is 5.56. The summed E-state index contributed by atoms with van der Waals surface area (Å²) in [6, 6.07) is 0. The average molecular weight is 667 g/mol. The molecule has 0 aromatic rings. The van der Waals surface area contributed by atoms with E-state index in [9.17, 15) is 9.59 Å². The summed E-state index contributed by atoms with van der Waals surface area (Å²) in [5, 5.41) is 8.71. The number of aliphatic carboxylic acids is 1. The number of carbonyl (C=O) groups is 2. The van der Waals surface area contributed by atoms with Crippen molar-refractivity contribution in [2.75, 3.05) is 0 Å². The molecule has 0 saturated carbocycles. The van der Waals surface area contributed by atoms with Crippen LogP contribution in [0, 0.1) is 0 Å². The lowest BCUT2D eigenvalue weighted by molar-refractivity contribution is -0.149. The lowest BCUT2D eigenvalue weighted by Crippen LogP contribution is -2.18. The van der Waals surface area contributed by atoms with Crippen molar-refractivity contribution >= 4 is 11.9 Å². The molecule has 1 atom stereocenters. The predicted molar refractivity (Wildman–Crippen MR) is 208 cm³/mol. The van der Waals surface area contributed by atoms with Crippen LogP contribution in [0.4, 0.5) is 0 Å². The molecule has 0 rings (SSSR count). The molecule has 0 aromatic heterocycles. The maximum atomic E-state index is 12.6. The zero-order valence-electron chi connectivity index (χ0n) is 31.3. The number of carboxylic acids is 1. The lowest BCUT2D eigenvalue weighted by atomic mass is 10.0. The zero-order chi connectivity index (χ0) is 35.0. The van der Waals surface area contributed by atoms with Crippen LogP contribution in [0.5, 0.6) is 0 Å². The standard InChI is InChI=1S/C44H74O4/c1-3-5-7-9-11-12-13-14-15-16-17-18-19-20-21-26-29-33-37-41-44(47)48-42(38-34-30-10-8-6-4-2)39-35-31-27-24-22-23-25-28-32-36-40-43(45)46/h5,7,11-12,14-15,17-18,20-21,29,33,42H,3-4,6,8-10,13,16,19,22-28,30-32,34-41H2,1-2H3,(H,45,46)/b7-5-,12-11-,15-14-,18-17-,21-20-,33-29-. The predicted octanol–water partition coefficient (Wildman–Crippen LogP) is 13.9. The van der Waals surface area contributed by atoms with Gasteiger partial charge in [-0.1, -0.05) is 170 Å². The quantitative estimate of drug-likeness (QED) is 0.0415. The molecular weight excluding hydrogens is 592 g/mol. The van der Waals surface area contributed by atoms with Crippen molar-refractivity contribution in [3.63, 3.8) is 0 Å². The van der Waals surface area contributed by atoms with Gasteiger partial charge >= 0.3 is 11.9 Å². The molecule has 48 heavy (non-hydrogen) atoms. The van der Waals surface area contributed by atoms with Gasteiger partial charge in [0.05, 0.1) is 0 Å². The molecule has 0 amide bonds. The first-order valence-electron chi connectivity index (χ1n) is 19.9. The van der Waals surface area contributed by atoms with E-state index in [-0.39, 0.29) is 12.1 Å². The van der Waals surface area contributed by atoms with Gasteiger partial charge in [-0.15, -0.1) is 0 Å². The normalized spacial score (nSPS) is 13.0. The minimum Gasteiger partial charge on any atom is -0.481 e. The fourth-order valence-corrected chi connectivity index (χ4v) is 5.56. The van der Waals surface area contributed by atoms with E-state index in [1.807, 2.05) is 0 Å². The Morgan fingerprint density at radius 1 is 0.479 bits per heavy atom. The SMILES string of the molecule is CC/C=C\C/C=C\C/C=C\C/C=C\C/C=C\C/C=C\CCC(=O)OC(CCCCCCCC)CCCCCCCCCCCCC(=O)O. The molecule has 274 valence electrons. The third-order valence-electron chi connectivity index (χ3n) is 8.46. The van der Waals surface area contributed by atoms with Gasteiger partial charge in [0.1, 0.15) is 6.10 Å². The molecule has 0 fully saturated rings. The van der Waals surface area contributed by atoms with Crippen molar-refractivity contribution in [3.8, 4) is 0 Å². The highest BCUT2D eigenvalue weighted by Crippen LogP contribution is 2.18. The molecule has 0 aliphatic heterocycles. The van der Waals surface area contributed by atoms with Gasteiger partial charge in [-0.05, 0) is 77.0 Å². The number of hydrogen-bond acceptors (Lipinski definition) is 3. The molecule has 0 aliphatic carbocycles. The summed E-state index contributed by atoms with van der Waals surface area (Å²) in [6.07, 6.45) is 55.1. The number of carboxylic acid groups (broad SMARTS) is 1. The van der Waals surface area contributed by atoms with Crippen molar-refractivity contribution in [2.45, 2.75) is 193 Å². The van der Waals surface area contributed by atoms with Gasteiger partial charge in [-0.3, -0.25) is 9.59 Å². The Kier molecular flexibility index (Phi) is 36.7. The van der Waals surface area contributed by atoms with Crippen LogP contribution in [0.2, 0.25) is 0 Å². The highest BCUT2D eigenvalue weighted by molar-refractivity contribution is 5.69. The van der Waals surface area contributed by atoms with Crippen molar-refractivity contribution in [1.82, 2.24) is 0 Å². The Morgan fingerprint density at radius 3 is 1.27 bits per heavy atom. The van der Waals surface area contributed by atoms with Crippen molar-refractivity contribution in [2.24, 2.45) is 0 Å². The minimum atomic E-state index is -0.681. The smallest absolute Gasteiger partial charge is 0.306 e. The summed E-state index contributed by atoms with van der Waals surface area (Å²) in [5.41, 5.74) is 0. The average Bonchev–Trinajstić information content (AvgIpc) is 3.07. The first-order chi connectivity index (χ1) is 23.6. The topological polar surface area (TPSA) is 63.6 Å². The maximum absolute atomic E-state index is 12.6. The molecule has 0 spiro atoms. The van der Waals surface area contributed by atoms with Crippen LogP contribution in [-0.4, -0.2) is 23.1 Å². The van der Waals surface area contributed by atoms with E-state index in [0.717, 1.165) is 89.9 Å². The van der Waals surface area contributed by atoms with E-state index in [2.05, 4.69) is 86.8 Å². The first kappa shape index (κ1) is 45.4. The number of rotatable bonds is 35. The Balaban J connectivity index is 4.11. The van der Waals surface area contributed by atoms with E-state index >= 15 is 0 Å². The molecule has 0 aliphatic rings.